The van der Waals surface area contributed by atoms with E-state index in [2.05, 4.69) is 5.32 Å². The van der Waals surface area contributed by atoms with Crippen LogP contribution in [0.4, 0.5) is 14.9 Å². The van der Waals surface area contributed by atoms with E-state index < -0.39 is 39.0 Å². The van der Waals surface area contributed by atoms with Crippen LogP contribution in [0, 0.1) is 11.7 Å². The van der Waals surface area contributed by atoms with E-state index in [0.29, 0.717) is 12.1 Å². The van der Waals surface area contributed by atoms with E-state index in [1.807, 2.05) is 13.8 Å². The lowest BCUT2D eigenvalue weighted by Gasteiger charge is -2.31. The minimum atomic E-state index is -3.96. The van der Waals surface area contributed by atoms with Crippen LogP contribution < -0.4 is 11.1 Å². The first-order chi connectivity index (χ1) is 15.0. The first-order valence-electron chi connectivity index (χ1n) is 10.5. The highest BCUT2D eigenvalue weighted by Crippen LogP contribution is 2.44. The van der Waals surface area contributed by atoms with Crippen LogP contribution in [0.15, 0.2) is 53.4 Å². The molecule has 1 heterocycles. The van der Waals surface area contributed by atoms with Gasteiger partial charge in [0.15, 0.2) is 9.84 Å². The summed E-state index contributed by atoms with van der Waals surface area (Å²) in [6.45, 7) is 5.30. The van der Waals surface area contributed by atoms with Gasteiger partial charge in [-0.15, -0.1) is 0 Å². The normalized spacial score (nSPS) is 21.0. The Morgan fingerprint density at radius 3 is 2.31 bits per heavy atom. The average Bonchev–Trinajstić information content (AvgIpc) is 3.07. The molecule has 1 saturated heterocycles. The van der Waals surface area contributed by atoms with Gasteiger partial charge in [-0.05, 0) is 49.1 Å². The van der Waals surface area contributed by atoms with Crippen molar-refractivity contribution in [3.05, 3.63) is 59.9 Å². The Morgan fingerprint density at radius 2 is 1.78 bits per heavy atom. The van der Waals surface area contributed by atoms with Crippen LogP contribution >= 0.6 is 0 Å². The van der Waals surface area contributed by atoms with Crippen molar-refractivity contribution >= 4 is 27.5 Å². The first-order valence-corrected chi connectivity index (χ1v) is 12.0. The number of sulfone groups is 1. The van der Waals surface area contributed by atoms with Gasteiger partial charge < -0.3 is 16.0 Å². The quantitative estimate of drug-likeness (QED) is 0.680. The topological polar surface area (TPSA) is 110 Å². The van der Waals surface area contributed by atoms with Gasteiger partial charge in [-0.25, -0.2) is 17.6 Å². The number of halogens is 1. The van der Waals surface area contributed by atoms with Crippen LogP contribution in [0.2, 0.25) is 0 Å². The van der Waals surface area contributed by atoms with Crippen molar-refractivity contribution in [3.63, 3.8) is 0 Å². The Hall–Kier alpha value is -2.94. The maximum atomic E-state index is 14.8. The van der Waals surface area contributed by atoms with Crippen molar-refractivity contribution in [1.82, 2.24) is 4.90 Å². The Kier molecular flexibility index (Phi) is 6.88. The summed E-state index contributed by atoms with van der Waals surface area (Å²) >= 11 is 0. The Morgan fingerprint density at radius 1 is 1.16 bits per heavy atom. The number of primary amides is 1. The lowest BCUT2D eigenvalue weighted by Crippen LogP contribution is -2.43. The summed E-state index contributed by atoms with van der Waals surface area (Å²) in [5.41, 5.74) is 6.27. The molecule has 1 aliphatic rings. The standard InChI is InChI=1S/C23H28FN3O4S/c1-14(2)12-17-13-21(22(27(17)23(25)29)19-6-4-5-7-20(19)24)32(30,31)18-10-8-16(9-11-18)26-15(3)28/h4-11,14,17,21-22H,12-13H2,1-3H3,(H2,25,29)(H,26,28). The molecule has 0 aromatic heterocycles. The SMILES string of the molecule is CC(=O)Nc1ccc(S(=O)(=O)C2CC(CC(C)C)N(C(N)=O)C2c2ccccc2F)cc1. The zero-order valence-corrected chi connectivity index (χ0v) is 19.1. The zero-order valence-electron chi connectivity index (χ0n) is 18.3. The smallest absolute Gasteiger partial charge is 0.315 e. The molecule has 0 bridgehead atoms. The summed E-state index contributed by atoms with van der Waals surface area (Å²) < 4.78 is 42.1. The molecule has 2 aromatic rings. The van der Waals surface area contributed by atoms with Gasteiger partial charge in [0.25, 0.3) is 0 Å². The van der Waals surface area contributed by atoms with Crippen molar-refractivity contribution < 1.29 is 22.4 Å². The number of carbonyl (C=O) groups is 2. The van der Waals surface area contributed by atoms with Crippen molar-refractivity contribution in [3.8, 4) is 0 Å². The number of hydrogen-bond acceptors (Lipinski definition) is 4. The molecule has 3 rings (SSSR count). The minimum absolute atomic E-state index is 0.0348. The summed E-state index contributed by atoms with van der Waals surface area (Å²) in [5, 5.41) is 1.53. The van der Waals surface area contributed by atoms with Gasteiger partial charge in [0.05, 0.1) is 16.2 Å². The van der Waals surface area contributed by atoms with Crippen LogP contribution in [0.1, 0.15) is 45.2 Å². The number of nitrogens with zero attached hydrogens (tertiary/aromatic N) is 1. The van der Waals surface area contributed by atoms with Crippen molar-refractivity contribution in [2.75, 3.05) is 5.32 Å². The number of benzene rings is 2. The number of nitrogens with two attached hydrogens (primary N) is 1. The molecule has 1 aliphatic heterocycles. The average molecular weight is 462 g/mol. The second-order valence-electron chi connectivity index (χ2n) is 8.52. The largest absolute Gasteiger partial charge is 0.351 e. The van der Waals surface area contributed by atoms with E-state index in [1.165, 1.54) is 54.3 Å². The number of nitrogens with one attached hydrogen (secondary N) is 1. The second kappa shape index (κ2) is 9.28. The molecule has 3 N–H and O–H groups in total. The van der Waals surface area contributed by atoms with Crippen LogP contribution in [0.25, 0.3) is 0 Å². The first kappa shape index (κ1) is 23.7. The molecule has 7 nitrogen and oxygen atoms in total. The highest BCUT2D eigenvalue weighted by molar-refractivity contribution is 7.92. The number of carbonyl (C=O) groups excluding carboxylic acids is 2. The van der Waals surface area contributed by atoms with Gasteiger partial charge in [0, 0.05) is 24.2 Å². The van der Waals surface area contributed by atoms with Crippen molar-refractivity contribution in [1.29, 1.82) is 0 Å². The molecule has 2 aromatic carbocycles. The number of urea groups is 1. The molecular formula is C23H28FN3O4S. The Balaban J connectivity index is 2.09. The molecule has 172 valence electrons. The number of likely N-dealkylation sites (tertiary alicyclic amines) is 1. The molecule has 1 fully saturated rings. The van der Waals surface area contributed by atoms with Crippen LogP contribution in [0.5, 0.6) is 0 Å². The Bertz CT molecular complexity index is 1100. The summed E-state index contributed by atoms with van der Waals surface area (Å²) in [4.78, 5) is 25.0. The predicted octanol–water partition coefficient (Wildman–Crippen LogP) is 3.87. The van der Waals surface area contributed by atoms with Crippen molar-refractivity contribution in [2.45, 2.75) is 55.8 Å². The Labute approximate surface area is 187 Å². The summed E-state index contributed by atoms with van der Waals surface area (Å²) in [6, 6.07) is 9.42. The lowest BCUT2D eigenvalue weighted by molar-refractivity contribution is -0.114. The molecule has 3 atom stereocenters. The van der Waals surface area contributed by atoms with Crippen LogP contribution in [-0.4, -0.2) is 36.5 Å². The van der Waals surface area contributed by atoms with Crippen LogP contribution in [0.3, 0.4) is 0 Å². The monoisotopic (exact) mass is 461 g/mol. The number of amides is 3. The maximum absolute atomic E-state index is 14.8. The van der Waals surface area contributed by atoms with Gasteiger partial charge >= 0.3 is 6.03 Å². The molecule has 0 spiro atoms. The fourth-order valence-electron chi connectivity index (χ4n) is 4.46. The second-order valence-corrected chi connectivity index (χ2v) is 10.7. The molecule has 0 radical (unpaired) electrons. The van der Waals surface area contributed by atoms with E-state index in [0.717, 1.165) is 0 Å². The van der Waals surface area contributed by atoms with Crippen molar-refractivity contribution in [2.24, 2.45) is 11.7 Å². The summed E-state index contributed by atoms with van der Waals surface area (Å²) in [5.74, 6) is -0.679. The van der Waals surface area contributed by atoms with E-state index >= 15 is 0 Å². The van der Waals surface area contributed by atoms with E-state index in [1.54, 1.807) is 6.07 Å². The van der Waals surface area contributed by atoms with E-state index in [4.69, 9.17) is 5.73 Å². The molecule has 32 heavy (non-hydrogen) atoms. The third kappa shape index (κ3) is 4.77. The zero-order chi connectivity index (χ0) is 23.6. The predicted molar refractivity (Wildman–Crippen MR) is 120 cm³/mol. The minimum Gasteiger partial charge on any atom is -0.351 e. The van der Waals surface area contributed by atoms with Gasteiger partial charge in [-0.2, -0.15) is 0 Å². The third-order valence-corrected chi connectivity index (χ3v) is 7.85. The molecule has 0 saturated carbocycles. The number of anilines is 1. The molecule has 3 unspecified atom stereocenters. The summed E-state index contributed by atoms with van der Waals surface area (Å²) in [7, 11) is -3.96. The third-order valence-electron chi connectivity index (χ3n) is 5.67. The number of hydrogen-bond donors (Lipinski definition) is 2. The van der Waals surface area contributed by atoms with Gasteiger partial charge in [0.1, 0.15) is 5.82 Å². The molecule has 3 amide bonds. The fraction of sp³-hybridized carbons (Fsp3) is 0.391. The maximum Gasteiger partial charge on any atom is 0.315 e. The van der Waals surface area contributed by atoms with Crippen LogP contribution in [-0.2, 0) is 14.6 Å². The van der Waals surface area contributed by atoms with Gasteiger partial charge in [-0.3, -0.25) is 4.79 Å². The molecule has 9 heteroatoms. The molecule has 0 aliphatic carbocycles. The summed E-state index contributed by atoms with van der Waals surface area (Å²) in [6.07, 6.45) is 0.692. The number of rotatable bonds is 6. The van der Waals surface area contributed by atoms with E-state index in [-0.39, 0.29) is 28.7 Å². The molecular weight excluding hydrogens is 433 g/mol. The highest BCUT2D eigenvalue weighted by atomic mass is 32.2. The van der Waals surface area contributed by atoms with Gasteiger partial charge in [0.2, 0.25) is 5.91 Å². The fourth-order valence-corrected chi connectivity index (χ4v) is 6.41. The van der Waals surface area contributed by atoms with Gasteiger partial charge in [-0.1, -0.05) is 32.0 Å². The highest BCUT2D eigenvalue weighted by Gasteiger charge is 2.50. The van der Waals surface area contributed by atoms with E-state index in [9.17, 15) is 22.4 Å². The lowest BCUT2D eigenvalue weighted by atomic mass is 10.0.